The van der Waals surface area contributed by atoms with Crippen LogP contribution in [0.2, 0.25) is 5.15 Å². The molecule has 0 spiro atoms. The second-order valence-electron chi connectivity index (χ2n) is 4.03. The molecule has 0 bridgehead atoms. The van der Waals surface area contributed by atoms with E-state index in [1.165, 1.54) is 0 Å². The molecule has 2 aromatic rings. The summed E-state index contributed by atoms with van der Waals surface area (Å²) in [5.74, 6) is 1.42. The number of hydrogen-bond donors (Lipinski definition) is 0. The van der Waals surface area contributed by atoms with Crippen LogP contribution in [0.25, 0.3) is 11.3 Å². The summed E-state index contributed by atoms with van der Waals surface area (Å²) in [6, 6.07) is 3.78. The first kappa shape index (κ1) is 12.7. The average Bonchev–Trinajstić information content (AvgIpc) is 2.65. The molecule has 0 unspecified atom stereocenters. The lowest BCUT2D eigenvalue weighted by Gasteiger charge is -2.11. The summed E-state index contributed by atoms with van der Waals surface area (Å²) in [4.78, 5) is 8.28. The Morgan fingerprint density at radius 1 is 1.11 bits per heavy atom. The van der Waals surface area contributed by atoms with Gasteiger partial charge >= 0.3 is 0 Å². The standard InChI is InChI=1S/C13H10BrClN2O2/c14-9-6-8(11-13(15)17-3-2-16-11)7-10-12(9)19-5-1-4-18-10/h2-3,6-7H,1,4-5H2. The van der Waals surface area contributed by atoms with E-state index in [2.05, 4.69) is 25.9 Å². The molecule has 19 heavy (non-hydrogen) atoms. The minimum absolute atomic E-state index is 0.365. The van der Waals surface area contributed by atoms with Crippen LogP contribution in [0.3, 0.4) is 0 Å². The monoisotopic (exact) mass is 340 g/mol. The maximum absolute atomic E-state index is 6.07. The van der Waals surface area contributed by atoms with Crippen molar-refractivity contribution in [3.8, 4) is 22.8 Å². The fourth-order valence-electron chi connectivity index (χ4n) is 1.88. The topological polar surface area (TPSA) is 44.2 Å². The Kier molecular flexibility index (Phi) is 3.57. The second kappa shape index (κ2) is 5.35. The van der Waals surface area contributed by atoms with Crippen molar-refractivity contribution in [3.05, 3.63) is 34.2 Å². The zero-order valence-electron chi connectivity index (χ0n) is 9.90. The lowest BCUT2D eigenvalue weighted by Crippen LogP contribution is -1.97. The Bertz CT molecular complexity index is 622. The third-order valence-corrected chi connectivity index (χ3v) is 3.59. The van der Waals surface area contributed by atoms with Crippen LogP contribution in [0, 0.1) is 0 Å². The van der Waals surface area contributed by atoms with Crippen LogP contribution in [0.15, 0.2) is 29.0 Å². The zero-order valence-corrected chi connectivity index (χ0v) is 12.2. The Labute approximate surface area is 123 Å². The van der Waals surface area contributed by atoms with E-state index in [4.69, 9.17) is 21.1 Å². The Morgan fingerprint density at radius 3 is 2.74 bits per heavy atom. The van der Waals surface area contributed by atoms with E-state index < -0.39 is 0 Å². The van der Waals surface area contributed by atoms with E-state index in [9.17, 15) is 0 Å². The van der Waals surface area contributed by atoms with Gasteiger partial charge in [0.25, 0.3) is 0 Å². The van der Waals surface area contributed by atoms with Gasteiger partial charge in [0.05, 0.1) is 17.7 Å². The van der Waals surface area contributed by atoms with Gasteiger partial charge in [0.1, 0.15) is 5.69 Å². The van der Waals surface area contributed by atoms with Crippen LogP contribution >= 0.6 is 27.5 Å². The van der Waals surface area contributed by atoms with Gasteiger partial charge < -0.3 is 9.47 Å². The van der Waals surface area contributed by atoms with E-state index >= 15 is 0 Å². The highest BCUT2D eigenvalue weighted by Gasteiger charge is 2.17. The predicted molar refractivity (Wildman–Crippen MR) is 75.8 cm³/mol. The minimum Gasteiger partial charge on any atom is -0.489 e. The van der Waals surface area contributed by atoms with Crippen LogP contribution in [-0.2, 0) is 0 Å². The molecule has 0 aliphatic carbocycles. The number of halogens is 2. The average molecular weight is 342 g/mol. The van der Waals surface area contributed by atoms with Crippen molar-refractivity contribution in [2.24, 2.45) is 0 Å². The summed E-state index contributed by atoms with van der Waals surface area (Å²) >= 11 is 9.56. The van der Waals surface area contributed by atoms with Crippen molar-refractivity contribution in [1.82, 2.24) is 9.97 Å². The molecule has 0 atom stereocenters. The first-order valence-corrected chi connectivity index (χ1v) is 6.99. The van der Waals surface area contributed by atoms with Gasteiger partial charge in [-0.05, 0) is 28.1 Å². The number of rotatable bonds is 1. The summed E-state index contributed by atoms with van der Waals surface area (Å²) in [5, 5.41) is 0.365. The SMILES string of the molecule is Clc1nccnc1-c1cc(Br)c2c(c1)OCCCO2. The molecule has 3 rings (SSSR count). The zero-order chi connectivity index (χ0) is 13.2. The van der Waals surface area contributed by atoms with Crippen molar-refractivity contribution in [3.63, 3.8) is 0 Å². The van der Waals surface area contributed by atoms with Crippen LogP contribution < -0.4 is 9.47 Å². The normalized spacial score (nSPS) is 14.0. The van der Waals surface area contributed by atoms with Crippen LogP contribution in [-0.4, -0.2) is 23.2 Å². The largest absolute Gasteiger partial charge is 0.489 e. The molecule has 0 saturated carbocycles. The van der Waals surface area contributed by atoms with Crippen LogP contribution in [0.4, 0.5) is 0 Å². The van der Waals surface area contributed by atoms with E-state index in [1.807, 2.05) is 12.1 Å². The van der Waals surface area contributed by atoms with Gasteiger partial charge in [-0.25, -0.2) is 4.98 Å². The maximum atomic E-state index is 6.07. The van der Waals surface area contributed by atoms with Crippen molar-refractivity contribution < 1.29 is 9.47 Å². The summed E-state index contributed by atoms with van der Waals surface area (Å²) in [5.41, 5.74) is 1.47. The highest BCUT2D eigenvalue weighted by atomic mass is 79.9. The number of benzene rings is 1. The number of aromatic nitrogens is 2. The van der Waals surface area contributed by atoms with Gasteiger partial charge in [-0.2, -0.15) is 0 Å². The van der Waals surface area contributed by atoms with E-state index in [1.54, 1.807) is 12.4 Å². The third kappa shape index (κ3) is 2.53. The molecule has 1 aromatic carbocycles. The molecule has 6 heteroatoms. The summed E-state index contributed by atoms with van der Waals surface area (Å²) in [6.07, 6.45) is 4.03. The number of nitrogens with zero attached hydrogens (tertiary/aromatic N) is 2. The van der Waals surface area contributed by atoms with E-state index in [-0.39, 0.29) is 0 Å². The first-order valence-electron chi connectivity index (χ1n) is 5.82. The van der Waals surface area contributed by atoms with Crippen LogP contribution in [0.5, 0.6) is 11.5 Å². The molecule has 0 saturated heterocycles. The molecular weight excluding hydrogens is 332 g/mol. The van der Waals surface area contributed by atoms with Gasteiger partial charge in [0, 0.05) is 24.4 Å². The van der Waals surface area contributed by atoms with Crippen molar-refractivity contribution in [1.29, 1.82) is 0 Å². The predicted octanol–water partition coefficient (Wildman–Crippen LogP) is 3.72. The summed E-state index contributed by atoms with van der Waals surface area (Å²) < 4.78 is 12.2. The lowest BCUT2D eigenvalue weighted by atomic mass is 10.1. The fourth-order valence-corrected chi connectivity index (χ4v) is 2.65. The van der Waals surface area contributed by atoms with Gasteiger partial charge in [-0.1, -0.05) is 11.6 Å². The third-order valence-electron chi connectivity index (χ3n) is 2.73. The number of hydrogen-bond acceptors (Lipinski definition) is 4. The molecule has 0 N–H and O–H groups in total. The highest BCUT2D eigenvalue weighted by molar-refractivity contribution is 9.10. The quantitative estimate of drug-likeness (QED) is 0.793. The Morgan fingerprint density at radius 2 is 1.89 bits per heavy atom. The molecular formula is C13H10BrClN2O2. The van der Waals surface area contributed by atoms with Crippen LogP contribution in [0.1, 0.15) is 6.42 Å². The molecule has 0 amide bonds. The van der Waals surface area contributed by atoms with Gasteiger partial charge in [-0.15, -0.1) is 0 Å². The summed E-state index contributed by atoms with van der Waals surface area (Å²) in [7, 11) is 0. The number of ether oxygens (including phenoxy) is 2. The molecule has 98 valence electrons. The molecule has 1 aromatic heterocycles. The fraction of sp³-hybridized carbons (Fsp3) is 0.231. The molecule has 1 aliphatic heterocycles. The molecule has 1 aliphatic rings. The van der Waals surface area contributed by atoms with Gasteiger partial charge in [-0.3, -0.25) is 4.98 Å². The summed E-state index contributed by atoms with van der Waals surface area (Å²) in [6.45, 7) is 1.29. The molecule has 0 radical (unpaired) electrons. The van der Waals surface area contributed by atoms with E-state index in [0.717, 1.165) is 22.2 Å². The smallest absolute Gasteiger partial charge is 0.175 e. The highest BCUT2D eigenvalue weighted by Crippen LogP contribution is 2.41. The Hall–Kier alpha value is -1.33. The second-order valence-corrected chi connectivity index (χ2v) is 5.24. The minimum atomic E-state index is 0.365. The Balaban J connectivity index is 2.12. The van der Waals surface area contributed by atoms with E-state index in [0.29, 0.717) is 29.8 Å². The van der Waals surface area contributed by atoms with Crippen molar-refractivity contribution in [2.45, 2.75) is 6.42 Å². The molecule has 2 heterocycles. The lowest BCUT2D eigenvalue weighted by molar-refractivity contribution is 0.296. The number of fused-ring (bicyclic) bond motifs is 1. The van der Waals surface area contributed by atoms with Crippen molar-refractivity contribution in [2.75, 3.05) is 13.2 Å². The van der Waals surface area contributed by atoms with Gasteiger partial charge in [0.15, 0.2) is 16.7 Å². The molecule has 0 fully saturated rings. The van der Waals surface area contributed by atoms with Gasteiger partial charge in [0.2, 0.25) is 0 Å². The van der Waals surface area contributed by atoms with Crippen molar-refractivity contribution >= 4 is 27.5 Å². The molecule has 4 nitrogen and oxygen atoms in total. The maximum Gasteiger partial charge on any atom is 0.175 e. The first-order chi connectivity index (χ1) is 9.25.